The first-order valence-electron chi connectivity index (χ1n) is 4.80. The van der Waals surface area contributed by atoms with Gasteiger partial charge in [0.2, 0.25) is 0 Å². The van der Waals surface area contributed by atoms with E-state index < -0.39 is 0 Å². The van der Waals surface area contributed by atoms with Crippen molar-refractivity contribution in [3.05, 3.63) is 34.4 Å². The van der Waals surface area contributed by atoms with Crippen LogP contribution in [0, 0.1) is 0 Å². The summed E-state index contributed by atoms with van der Waals surface area (Å²) in [4.78, 5) is 4.53. The van der Waals surface area contributed by atoms with Crippen molar-refractivity contribution in [3.63, 3.8) is 0 Å². The minimum atomic E-state index is 0.903. The van der Waals surface area contributed by atoms with Crippen LogP contribution >= 0.6 is 15.9 Å². The fourth-order valence-corrected chi connectivity index (χ4v) is 1.91. The van der Waals surface area contributed by atoms with Gasteiger partial charge in [-0.05, 0) is 30.7 Å². The first-order chi connectivity index (χ1) is 7.24. The molecule has 0 atom stereocenters. The quantitative estimate of drug-likeness (QED) is 0.649. The Morgan fingerprint density at radius 3 is 2.87 bits per heavy atom. The van der Waals surface area contributed by atoms with Gasteiger partial charge in [-0.25, -0.2) is 0 Å². The van der Waals surface area contributed by atoms with Crippen LogP contribution in [0.2, 0.25) is 0 Å². The number of benzene rings is 1. The highest BCUT2D eigenvalue weighted by molar-refractivity contribution is 9.10. The lowest BCUT2D eigenvalue weighted by Crippen LogP contribution is -2.08. The lowest BCUT2D eigenvalue weighted by Gasteiger charge is -2.08. The van der Waals surface area contributed by atoms with Crippen LogP contribution < -0.4 is 11.3 Å². The number of nitrogens with two attached hydrogens (primary N) is 1. The van der Waals surface area contributed by atoms with Crippen molar-refractivity contribution < 1.29 is 0 Å². The molecule has 0 saturated carbocycles. The number of pyridine rings is 1. The van der Waals surface area contributed by atoms with Crippen LogP contribution in [0.1, 0.15) is 12.6 Å². The maximum absolute atomic E-state index is 5.50. The Morgan fingerprint density at radius 1 is 1.40 bits per heavy atom. The van der Waals surface area contributed by atoms with Crippen molar-refractivity contribution >= 4 is 32.5 Å². The minimum absolute atomic E-state index is 0.903. The van der Waals surface area contributed by atoms with E-state index in [4.69, 9.17) is 5.84 Å². The molecular weight excluding hydrogens is 254 g/mol. The average molecular weight is 266 g/mol. The second kappa shape index (κ2) is 4.16. The summed E-state index contributed by atoms with van der Waals surface area (Å²) >= 11 is 3.43. The molecule has 0 aliphatic rings. The van der Waals surface area contributed by atoms with Crippen molar-refractivity contribution in [2.75, 3.05) is 5.43 Å². The van der Waals surface area contributed by atoms with E-state index in [0.717, 1.165) is 33.2 Å². The number of nitrogens with one attached hydrogen (secondary N) is 1. The van der Waals surface area contributed by atoms with E-state index in [2.05, 4.69) is 33.3 Å². The van der Waals surface area contributed by atoms with E-state index in [1.54, 1.807) is 0 Å². The highest BCUT2D eigenvalue weighted by Gasteiger charge is 2.04. The van der Waals surface area contributed by atoms with Gasteiger partial charge in [-0.2, -0.15) is 0 Å². The molecule has 1 aromatic carbocycles. The number of halogens is 1. The third-order valence-electron chi connectivity index (χ3n) is 2.34. The van der Waals surface area contributed by atoms with Crippen LogP contribution in [0.3, 0.4) is 0 Å². The molecule has 0 unspecified atom stereocenters. The molecule has 0 aliphatic carbocycles. The molecule has 2 aromatic rings. The third-order valence-corrected chi connectivity index (χ3v) is 2.83. The second-order valence-corrected chi connectivity index (χ2v) is 4.24. The summed E-state index contributed by atoms with van der Waals surface area (Å²) in [6.07, 6.45) is 0.903. The van der Waals surface area contributed by atoms with Gasteiger partial charge in [0.05, 0.1) is 11.2 Å². The van der Waals surface area contributed by atoms with Gasteiger partial charge < -0.3 is 5.43 Å². The van der Waals surface area contributed by atoms with Crippen LogP contribution in [0.15, 0.2) is 28.7 Å². The smallest absolute Gasteiger partial charge is 0.0727 e. The number of rotatable bonds is 2. The number of hydrazine groups is 1. The summed E-state index contributed by atoms with van der Waals surface area (Å²) in [5.74, 6) is 5.50. The van der Waals surface area contributed by atoms with Crippen molar-refractivity contribution in [1.29, 1.82) is 0 Å². The number of aryl methyl sites for hydroxylation is 1. The molecule has 0 bridgehead atoms. The number of nitrogens with zero attached hydrogens (tertiary/aromatic N) is 1. The lowest BCUT2D eigenvalue weighted by molar-refractivity contribution is 1.06. The summed E-state index contributed by atoms with van der Waals surface area (Å²) in [6.45, 7) is 2.08. The van der Waals surface area contributed by atoms with Crippen molar-refractivity contribution in [1.82, 2.24) is 4.98 Å². The molecule has 2 rings (SSSR count). The van der Waals surface area contributed by atoms with Crippen molar-refractivity contribution in [3.8, 4) is 0 Å². The highest BCUT2D eigenvalue weighted by atomic mass is 79.9. The Morgan fingerprint density at radius 2 is 2.20 bits per heavy atom. The highest BCUT2D eigenvalue weighted by Crippen LogP contribution is 2.25. The predicted octanol–water partition coefficient (Wildman–Crippen LogP) is 2.85. The molecule has 4 heteroatoms. The van der Waals surface area contributed by atoms with E-state index in [1.165, 1.54) is 0 Å². The first kappa shape index (κ1) is 10.4. The predicted molar refractivity (Wildman–Crippen MR) is 66.6 cm³/mol. The molecule has 0 saturated heterocycles. The largest absolute Gasteiger partial charge is 0.323 e. The second-order valence-electron chi connectivity index (χ2n) is 3.32. The van der Waals surface area contributed by atoms with Crippen LogP contribution in [-0.4, -0.2) is 4.98 Å². The topological polar surface area (TPSA) is 50.9 Å². The SMILES string of the molecule is CCc1cc(NN)c2cc(Br)ccc2n1. The monoisotopic (exact) mass is 265 g/mol. The van der Waals surface area contributed by atoms with Gasteiger partial charge >= 0.3 is 0 Å². The first-order valence-corrected chi connectivity index (χ1v) is 5.59. The van der Waals surface area contributed by atoms with Gasteiger partial charge in [0.25, 0.3) is 0 Å². The van der Waals surface area contributed by atoms with E-state index in [-0.39, 0.29) is 0 Å². The maximum Gasteiger partial charge on any atom is 0.0727 e. The fraction of sp³-hybridized carbons (Fsp3) is 0.182. The molecule has 78 valence electrons. The molecule has 0 radical (unpaired) electrons. The standard InChI is InChI=1S/C11H12BrN3/c1-2-8-6-11(15-13)9-5-7(12)3-4-10(9)14-8/h3-6H,2,13H2,1H3,(H,14,15). The zero-order chi connectivity index (χ0) is 10.8. The molecule has 0 fully saturated rings. The van der Waals surface area contributed by atoms with Crippen LogP contribution in [0.25, 0.3) is 10.9 Å². The number of fused-ring (bicyclic) bond motifs is 1. The van der Waals surface area contributed by atoms with Gasteiger partial charge in [0.15, 0.2) is 0 Å². The van der Waals surface area contributed by atoms with Gasteiger partial charge in [-0.1, -0.05) is 22.9 Å². The molecule has 3 N–H and O–H groups in total. The Hall–Kier alpha value is -1.13. The van der Waals surface area contributed by atoms with Crippen LogP contribution in [0.5, 0.6) is 0 Å². The lowest BCUT2D eigenvalue weighted by atomic mass is 10.1. The summed E-state index contributed by atoms with van der Waals surface area (Å²) in [6, 6.07) is 7.96. The van der Waals surface area contributed by atoms with Gasteiger partial charge in [0, 0.05) is 15.6 Å². The molecule has 0 amide bonds. The minimum Gasteiger partial charge on any atom is -0.323 e. The van der Waals surface area contributed by atoms with Crippen LogP contribution in [0.4, 0.5) is 5.69 Å². The Balaban J connectivity index is 2.75. The number of anilines is 1. The van der Waals surface area contributed by atoms with Gasteiger partial charge in [0.1, 0.15) is 0 Å². The zero-order valence-electron chi connectivity index (χ0n) is 8.42. The molecule has 0 aliphatic heterocycles. The normalized spacial score (nSPS) is 10.6. The Labute approximate surface area is 96.8 Å². The maximum atomic E-state index is 5.50. The molecule has 3 nitrogen and oxygen atoms in total. The summed E-state index contributed by atoms with van der Waals surface area (Å²) in [5, 5.41) is 1.03. The van der Waals surface area contributed by atoms with Gasteiger partial charge in [-0.3, -0.25) is 10.8 Å². The summed E-state index contributed by atoms with van der Waals surface area (Å²) in [5.41, 5.74) is 5.63. The average Bonchev–Trinajstić information content (AvgIpc) is 2.27. The molecule has 1 heterocycles. The molecule has 0 spiro atoms. The van der Waals surface area contributed by atoms with Crippen molar-refractivity contribution in [2.24, 2.45) is 5.84 Å². The number of hydrogen-bond acceptors (Lipinski definition) is 3. The number of aromatic nitrogens is 1. The van der Waals surface area contributed by atoms with E-state index >= 15 is 0 Å². The number of nitrogen functional groups attached to an aromatic ring is 1. The van der Waals surface area contributed by atoms with Gasteiger partial charge in [-0.15, -0.1) is 0 Å². The Bertz CT molecular complexity index is 496. The third kappa shape index (κ3) is 1.96. The van der Waals surface area contributed by atoms with Crippen LogP contribution in [-0.2, 0) is 6.42 Å². The molecule has 15 heavy (non-hydrogen) atoms. The fourth-order valence-electron chi connectivity index (χ4n) is 1.55. The van der Waals surface area contributed by atoms with E-state index in [0.29, 0.717) is 0 Å². The summed E-state index contributed by atoms with van der Waals surface area (Å²) in [7, 11) is 0. The van der Waals surface area contributed by atoms with Crippen molar-refractivity contribution in [2.45, 2.75) is 13.3 Å². The Kier molecular flexibility index (Phi) is 2.88. The number of hydrogen-bond donors (Lipinski definition) is 2. The summed E-state index contributed by atoms with van der Waals surface area (Å²) < 4.78 is 1.03. The molecule has 1 aromatic heterocycles. The molecular formula is C11H12BrN3. The van der Waals surface area contributed by atoms with E-state index in [1.807, 2.05) is 24.3 Å². The zero-order valence-corrected chi connectivity index (χ0v) is 10.0. The van der Waals surface area contributed by atoms with E-state index in [9.17, 15) is 0 Å².